The van der Waals surface area contributed by atoms with Crippen LogP contribution in [0.2, 0.25) is 0 Å². The Morgan fingerprint density at radius 1 is 0.769 bits per heavy atom. The van der Waals surface area contributed by atoms with Crippen LogP contribution in [0, 0.1) is 5.41 Å². The van der Waals surface area contributed by atoms with Crippen molar-refractivity contribution in [3.8, 4) is 0 Å². The van der Waals surface area contributed by atoms with E-state index in [0.717, 1.165) is 0 Å². The molecule has 0 bridgehead atoms. The van der Waals surface area contributed by atoms with Crippen LogP contribution in [-0.2, 0) is 18.9 Å². The zero-order valence-corrected chi connectivity index (χ0v) is 18.8. The Morgan fingerprint density at radius 2 is 1.19 bits per heavy atom. The van der Waals surface area contributed by atoms with Crippen LogP contribution in [0.3, 0.4) is 0 Å². The molecule has 0 spiro atoms. The molecule has 1 aliphatic carbocycles. The SMILES string of the molecule is COCCOCCC1(CCOCCOC)C(=O)c2c(Br)sc(Br)c2C1=O. The lowest BCUT2D eigenvalue weighted by Gasteiger charge is -2.26. The third kappa shape index (κ3) is 4.63. The molecule has 2 rings (SSSR count). The van der Waals surface area contributed by atoms with E-state index in [1.54, 1.807) is 14.2 Å². The van der Waals surface area contributed by atoms with Gasteiger partial charge in [-0.25, -0.2) is 0 Å². The summed E-state index contributed by atoms with van der Waals surface area (Å²) in [6.07, 6.45) is 0.639. The second-order valence-corrected chi connectivity index (χ2v) is 9.51. The first-order chi connectivity index (χ1) is 12.5. The van der Waals surface area contributed by atoms with Gasteiger partial charge in [-0.15, -0.1) is 11.3 Å². The lowest BCUT2D eigenvalue weighted by molar-refractivity contribution is 0.0276. The first-order valence-corrected chi connectivity index (χ1v) is 10.6. The monoisotopic (exact) mass is 512 g/mol. The zero-order valence-electron chi connectivity index (χ0n) is 14.8. The molecule has 9 heteroatoms. The third-order valence-corrected chi connectivity index (χ3v) is 6.89. The van der Waals surface area contributed by atoms with E-state index in [1.165, 1.54) is 11.3 Å². The fourth-order valence-electron chi connectivity index (χ4n) is 2.93. The number of methoxy groups -OCH3 is 2. The summed E-state index contributed by atoms with van der Waals surface area (Å²) in [4.78, 5) is 26.4. The van der Waals surface area contributed by atoms with Gasteiger partial charge in [-0.05, 0) is 44.7 Å². The molecule has 1 aliphatic rings. The van der Waals surface area contributed by atoms with Crippen molar-refractivity contribution >= 4 is 54.8 Å². The molecule has 1 aromatic heterocycles. The number of thiophene rings is 1. The minimum atomic E-state index is -1.14. The topological polar surface area (TPSA) is 71.1 Å². The summed E-state index contributed by atoms with van der Waals surface area (Å²) in [5.41, 5.74) is -0.189. The van der Waals surface area contributed by atoms with E-state index in [-0.39, 0.29) is 11.6 Å². The van der Waals surface area contributed by atoms with Crippen LogP contribution in [0.15, 0.2) is 7.57 Å². The molecule has 0 saturated carbocycles. The van der Waals surface area contributed by atoms with E-state index in [4.69, 9.17) is 18.9 Å². The summed E-state index contributed by atoms with van der Waals surface area (Å²) >= 11 is 8.17. The zero-order chi connectivity index (χ0) is 19.2. The molecule has 0 N–H and O–H groups in total. The van der Waals surface area contributed by atoms with Gasteiger partial charge >= 0.3 is 0 Å². The molecule has 0 amide bonds. The molecule has 1 aromatic rings. The maximum atomic E-state index is 13.2. The largest absolute Gasteiger partial charge is 0.382 e. The van der Waals surface area contributed by atoms with Crippen LogP contribution in [0.25, 0.3) is 0 Å². The van der Waals surface area contributed by atoms with Crippen molar-refractivity contribution in [1.82, 2.24) is 0 Å². The number of carbonyl (C=O) groups excluding carboxylic acids is 2. The molecule has 0 radical (unpaired) electrons. The number of ketones is 2. The number of halogens is 2. The second kappa shape index (κ2) is 10.4. The normalized spacial score (nSPS) is 15.7. The highest BCUT2D eigenvalue weighted by molar-refractivity contribution is 9.12. The lowest BCUT2D eigenvalue weighted by atomic mass is 9.77. The van der Waals surface area contributed by atoms with Crippen LogP contribution in [0.4, 0.5) is 0 Å². The Morgan fingerprint density at radius 3 is 1.58 bits per heavy atom. The molecular formula is C17H22Br2O6S. The molecule has 0 saturated heterocycles. The van der Waals surface area contributed by atoms with Gasteiger partial charge in [-0.3, -0.25) is 9.59 Å². The van der Waals surface area contributed by atoms with Crippen LogP contribution in [-0.4, -0.2) is 65.4 Å². The van der Waals surface area contributed by atoms with Gasteiger partial charge in [0, 0.05) is 27.4 Å². The minimum absolute atomic E-state index is 0.156. The Balaban J connectivity index is 2.14. The molecule has 146 valence electrons. The lowest BCUT2D eigenvalue weighted by Crippen LogP contribution is -2.36. The summed E-state index contributed by atoms with van der Waals surface area (Å²) in [7, 11) is 3.19. The minimum Gasteiger partial charge on any atom is -0.382 e. The van der Waals surface area contributed by atoms with Crippen molar-refractivity contribution in [1.29, 1.82) is 0 Å². The number of fused-ring (bicyclic) bond motifs is 1. The van der Waals surface area contributed by atoms with Crippen molar-refractivity contribution < 1.29 is 28.5 Å². The van der Waals surface area contributed by atoms with Crippen LogP contribution in [0.1, 0.15) is 33.6 Å². The third-order valence-electron chi connectivity index (χ3n) is 4.36. The molecule has 0 unspecified atom stereocenters. The number of hydrogen-bond donors (Lipinski definition) is 0. The van der Waals surface area contributed by atoms with Crippen molar-refractivity contribution in [2.24, 2.45) is 5.41 Å². The van der Waals surface area contributed by atoms with E-state index in [9.17, 15) is 9.59 Å². The molecule has 0 fully saturated rings. The average Bonchev–Trinajstić information content (AvgIpc) is 3.02. The first-order valence-electron chi connectivity index (χ1n) is 8.20. The van der Waals surface area contributed by atoms with Crippen molar-refractivity contribution in [3.63, 3.8) is 0 Å². The molecular weight excluding hydrogens is 492 g/mol. The number of Topliss-reactive ketones (excluding diaryl/α,β-unsaturated/α-hetero) is 2. The van der Waals surface area contributed by atoms with Gasteiger partial charge in [0.2, 0.25) is 0 Å². The van der Waals surface area contributed by atoms with Gasteiger partial charge in [-0.2, -0.15) is 0 Å². The molecule has 0 aliphatic heterocycles. The molecule has 1 heterocycles. The highest BCUT2D eigenvalue weighted by Crippen LogP contribution is 2.50. The Bertz CT molecular complexity index is 593. The second-order valence-electron chi connectivity index (χ2n) is 5.85. The van der Waals surface area contributed by atoms with Crippen molar-refractivity contribution in [3.05, 3.63) is 18.7 Å². The van der Waals surface area contributed by atoms with Gasteiger partial charge in [0.05, 0.1) is 45.1 Å². The van der Waals surface area contributed by atoms with Crippen LogP contribution in [0.5, 0.6) is 0 Å². The summed E-state index contributed by atoms with van der Waals surface area (Å²) in [6, 6.07) is 0. The summed E-state index contributed by atoms with van der Waals surface area (Å²) in [5.74, 6) is -0.311. The van der Waals surface area contributed by atoms with Gasteiger partial charge in [0.15, 0.2) is 11.6 Å². The van der Waals surface area contributed by atoms with E-state index in [2.05, 4.69) is 31.9 Å². The maximum Gasteiger partial charge on any atom is 0.179 e. The van der Waals surface area contributed by atoms with Gasteiger partial charge < -0.3 is 18.9 Å². The predicted molar refractivity (Wildman–Crippen MR) is 105 cm³/mol. The van der Waals surface area contributed by atoms with Crippen molar-refractivity contribution in [2.75, 3.05) is 53.9 Å². The number of rotatable bonds is 12. The molecule has 6 nitrogen and oxygen atoms in total. The van der Waals surface area contributed by atoms with Gasteiger partial charge in [-0.1, -0.05) is 0 Å². The van der Waals surface area contributed by atoms with Crippen LogP contribution >= 0.6 is 43.2 Å². The molecule has 0 aromatic carbocycles. The first kappa shape index (κ1) is 22.1. The smallest absolute Gasteiger partial charge is 0.179 e. The fourth-order valence-corrected chi connectivity index (χ4v) is 6.06. The quantitative estimate of drug-likeness (QED) is 0.313. The van der Waals surface area contributed by atoms with Gasteiger partial charge in [0.1, 0.15) is 5.41 Å². The summed E-state index contributed by atoms with van der Waals surface area (Å²) in [6.45, 7) is 2.41. The number of carbonyl (C=O) groups is 2. The number of hydrogen-bond acceptors (Lipinski definition) is 7. The average molecular weight is 514 g/mol. The molecule has 26 heavy (non-hydrogen) atoms. The molecule has 0 atom stereocenters. The number of ether oxygens (including phenoxy) is 4. The van der Waals surface area contributed by atoms with E-state index >= 15 is 0 Å². The highest BCUT2D eigenvalue weighted by Gasteiger charge is 2.54. The standard InChI is InChI=1S/C17H22Br2O6S/c1-22-7-9-24-5-3-17(4-6-25-10-8-23-2)13(20)11-12(14(17)21)16(19)26-15(11)18/h3-10H2,1-2H3. The Hall–Kier alpha value is -0.160. The predicted octanol–water partition coefficient (Wildman–Crippen LogP) is 3.74. The Labute approximate surface area is 173 Å². The van der Waals surface area contributed by atoms with Gasteiger partial charge in [0.25, 0.3) is 0 Å². The summed E-state index contributed by atoms with van der Waals surface area (Å²) < 4.78 is 22.3. The summed E-state index contributed by atoms with van der Waals surface area (Å²) in [5, 5.41) is 0. The van der Waals surface area contributed by atoms with Crippen LogP contribution < -0.4 is 0 Å². The van der Waals surface area contributed by atoms with E-state index in [0.29, 0.717) is 71.2 Å². The highest BCUT2D eigenvalue weighted by atomic mass is 79.9. The van der Waals surface area contributed by atoms with E-state index < -0.39 is 5.41 Å². The maximum absolute atomic E-state index is 13.2. The van der Waals surface area contributed by atoms with E-state index in [1.807, 2.05) is 0 Å². The fraction of sp³-hybridized carbons (Fsp3) is 0.647. The Kier molecular flexibility index (Phi) is 8.85. The van der Waals surface area contributed by atoms with Crippen molar-refractivity contribution in [2.45, 2.75) is 12.8 Å².